The van der Waals surface area contributed by atoms with Crippen LogP contribution < -0.4 is 15.4 Å². The maximum absolute atomic E-state index is 13.4. The zero-order valence-corrected chi connectivity index (χ0v) is 26.1. The summed E-state index contributed by atoms with van der Waals surface area (Å²) in [7, 11) is 3.68. The predicted molar refractivity (Wildman–Crippen MR) is 172 cm³/mol. The first kappa shape index (κ1) is 29.4. The third-order valence-corrected chi connectivity index (χ3v) is 8.68. The van der Waals surface area contributed by atoms with Crippen LogP contribution in [0.15, 0.2) is 70.0 Å². The third kappa shape index (κ3) is 4.98. The number of carbonyl (C=O) groups excluding carboxylic acids is 2. The normalized spacial score (nSPS) is 15.1. The monoisotopic (exact) mass is 594 g/mol. The molecule has 0 saturated heterocycles. The Labute approximate surface area is 256 Å². The van der Waals surface area contributed by atoms with Gasteiger partial charge in [0.25, 0.3) is 5.56 Å². The Hall–Kier alpha value is -4.70. The Bertz CT molecular complexity index is 1970. The van der Waals surface area contributed by atoms with E-state index in [1.165, 1.54) is 0 Å². The summed E-state index contributed by atoms with van der Waals surface area (Å²) in [5.41, 5.74) is 3.75. The van der Waals surface area contributed by atoms with Crippen molar-refractivity contribution in [3.63, 3.8) is 0 Å². The number of pyridine rings is 1. The van der Waals surface area contributed by atoms with Crippen molar-refractivity contribution in [2.24, 2.45) is 12.5 Å². The highest BCUT2D eigenvalue weighted by molar-refractivity contribution is 6.19. The van der Waals surface area contributed by atoms with Gasteiger partial charge in [0.05, 0.1) is 28.0 Å². The van der Waals surface area contributed by atoms with Crippen LogP contribution in [0.2, 0.25) is 0 Å². The van der Waals surface area contributed by atoms with Crippen LogP contribution in [0.1, 0.15) is 37.8 Å². The van der Waals surface area contributed by atoms with E-state index in [0.717, 1.165) is 27.8 Å². The van der Waals surface area contributed by atoms with Crippen LogP contribution in [0.4, 0.5) is 11.4 Å². The molecule has 0 radical (unpaired) electrons. The average Bonchev–Trinajstić information content (AvgIpc) is 3.54. The molecule has 10 nitrogen and oxygen atoms in total. The molecule has 2 aromatic carbocycles. The molecule has 0 fully saturated rings. The lowest BCUT2D eigenvalue weighted by atomic mass is 9.90. The highest BCUT2D eigenvalue weighted by Gasteiger charge is 2.45. The van der Waals surface area contributed by atoms with Gasteiger partial charge < -0.3 is 18.8 Å². The first-order chi connectivity index (χ1) is 21.0. The molecule has 0 spiro atoms. The summed E-state index contributed by atoms with van der Waals surface area (Å²) in [6.07, 6.45) is 1.78. The molecule has 0 unspecified atom stereocenters. The van der Waals surface area contributed by atoms with E-state index in [2.05, 4.69) is 17.0 Å². The standard InChI is InChI=1S/C34H38N6O4/c1-7-40-28-13-12-23(19-29(28)36(5)32(42)34(3,4)33(40)43)20-38(21-26-24-10-8-9-11-27(24)37(6)35-26)16-17-39-15-14-30-25(31(39)41)18-22(2)44-30/h8-15,18-19H,7,16-17,20-21H2,1-6H3. The van der Waals surface area contributed by atoms with E-state index in [-0.39, 0.29) is 17.4 Å². The van der Waals surface area contributed by atoms with Crippen LogP contribution in [0.25, 0.3) is 21.9 Å². The molecule has 1 aliphatic heterocycles. The minimum absolute atomic E-state index is 0.0836. The average molecular weight is 595 g/mol. The van der Waals surface area contributed by atoms with Crippen molar-refractivity contribution in [1.29, 1.82) is 0 Å². The number of amides is 2. The maximum Gasteiger partial charge on any atom is 0.261 e. The molecule has 5 aromatic rings. The van der Waals surface area contributed by atoms with Gasteiger partial charge >= 0.3 is 0 Å². The van der Waals surface area contributed by atoms with Crippen molar-refractivity contribution in [2.75, 3.05) is 29.9 Å². The maximum atomic E-state index is 13.4. The molecule has 0 bridgehead atoms. The quantitative estimate of drug-likeness (QED) is 0.239. The Morgan fingerprint density at radius 3 is 2.45 bits per heavy atom. The number of furan rings is 1. The SMILES string of the molecule is CCN1C(=O)C(C)(C)C(=O)N(C)c2cc(CN(CCn3ccc4oc(C)cc4c3=O)Cc3nn(C)c4ccccc34)ccc21. The van der Waals surface area contributed by atoms with Gasteiger partial charge in [0, 0.05) is 58.4 Å². The minimum atomic E-state index is -1.17. The van der Waals surface area contributed by atoms with E-state index < -0.39 is 5.41 Å². The van der Waals surface area contributed by atoms with E-state index in [0.29, 0.717) is 55.1 Å². The Morgan fingerprint density at radius 2 is 1.68 bits per heavy atom. The number of fused-ring (bicyclic) bond motifs is 3. The predicted octanol–water partition coefficient (Wildman–Crippen LogP) is 4.85. The number of nitrogens with zero attached hydrogens (tertiary/aromatic N) is 6. The Balaban J connectivity index is 1.35. The summed E-state index contributed by atoms with van der Waals surface area (Å²) >= 11 is 0. The van der Waals surface area contributed by atoms with Crippen LogP contribution >= 0.6 is 0 Å². The summed E-state index contributed by atoms with van der Waals surface area (Å²) < 4.78 is 9.26. The number of hydrogen-bond acceptors (Lipinski definition) is 6. The number of rotatable bonds is 8. The molecule has 4 heterocycles. The lowest BCUT2D eigenvalue weighted by molar-refractivity contribution is -0.137. The van der Waals surface area contributed by atoms with Crippen LogP contribution in [0.5, 0.6) is 0 Å². The smallest absolute Gasteiger partial charge is 0.261 e. The van der Waals surface area contributed by atoms with Gasteiger partial charge in [0.2, 0.25) is 11.8 Å². The molecule has 0 saturated carbocycles. The molecule has 228 valence electrons. The fraction of sp³-hybridized carbons (Fsp3) is 0.353. The Kier molecular flexibility index (Phi) is 7.41. The highest BCUT2D eigenvalue weighted by Crippen LogP contribution is 2.39. The van der Waals surface area contributed by atoms with E-state index in [9.17, 15) is 14.4 Å². The first-order valence-electron chi connectivity index (χ1n) is 14.9. The molecule has 6 rings (SSSR count). The lowest BCUT2D eigenvalue weighted by Crippen LogP contribution is -2.47. The van der Waals surface area contributed by atoms with Gasteiger partial charge in [0.1, 0.15) is 16.8 Å². The number of carbonyl (C=O) groups is 2. The summed E-state index contributed by atoms with van der Waals surface area (Å²) in [6.45, 7) is 9.75. The van der Waals surface area contributed by atoms with Crippen molar-refractivity contribution in [3.8, 4) is 0 Å². The molecule has 0 N–H and O–H groups in total. The summed E-state index contributed by atoms with van der Waals surface area (Å²) in [4.78, 5) is 45.6. The topological polar surface area (TPSA) is 96.8 Å². The number of aryl methyl sites for hydroxylation is 2. The molecule has 44 heavy (non-hydrogen) atoms. The van der Waals surface area contributed by atoms with Gasteiger partial charge in [-0.2, -0.15) is 5.10 Å². The van der Waals surface area contributed by atoms with Gasteiger partial charge in [-0.1, -0.05) is 24.3 Å². The van der Waals surface area contributed by atoms with Gasteiger partial charge in [-0.25, -0.2) is 0 Å². The molecule has 0 aliphatic carbocycles. The number of hydrogen-bond donors (Lipinski definition) is 0. The zero-order chi connectivity index (χ0) is 31.3. The fourth-order valence-corrected chi connectivity index (χ4v) is 6.26. The number of aromatic nitrogens is 3. The first-order valence-corrected chi connectivity index (χ1v) is 14.9. The molecule has 0 atom stereocenters. The molecule has 2 amide bonds. The van der Waals surface area contributed by atoms with Crippen molar-refractivity contribution < 1.29 is 14.0 Å². The van der Waals surface area contributed by atoms with Gasteiger partial charge in [-0.05, 0) is 63.6 Å². The van der Waals surface area contributed by atoms with E-state index in [1.807, 2.05) is 62.0 Å². The van der Waals surface area contributed by atoms with Crippen molar-refractivity contribution >= 4 is 45.1 Å². The van der Waals surface area contributed by atoms with Crippen LogP contribution in [0.3, 0.4) is 0 Å². The molecule has 3 aromatic heterocycles. The fourth-order valence-electron chi connectivity index (χ4n) is 6.26. The van der Waals surface area contributed by atoms with Gasteiger partial charge in [0.15, 0.2) is 0 Å². The molecule has 1 aliphatic rings. The summed E-state index contributed by atoms with van der Waals surface area (Å²) in [5, 5.41) is 6.49. The number of anilines is 2. The van der Waals surface area contributed by atoms with Crippen LogP contribution in [-0.2, 0) is 36.3 Å². The second-order valence-electron chi connectivity index (χ2n) is 12.1. The Morgan fingerprint density at radius 1 is 0.909 bits per heavy atom. The van der Waals surface area contributed by atoms with E-state index >= 15 is 0 Å². The second-order valence-corrected chi connectivity index (χ2v) is 12.1. The molecular weight excluding hydrogens is 556 g/mol. The van der Waals surface area contributed by atoms with Crippen LogP contribution in [-0.4, -0.2) is 51.2 Å². The zero-order valence-electron chi connectivity index (χ0n) is 26.1. The molecule has 10 heteroatoms. The second kappa shape index (κ2) is 11.1. The summed E-state index contributed by atoms with van der Waals surface area (Å²) in [6, 6.07) is 17.7. The van der Waals surface area contributed by atoms with Crippen LogP contribution in [0, 0.1) is 12.3 Å². The van der Waals surface area contributed by atoms with E-state index in [4.69, 9.17) is 9.52 Å². The molecular formula is C34H38N6O4. The lowest BCUT2D eigenvalue weighted by Gasteiger charge is -2.27. The van der Waals surface area contributed by atoms with Crippen molar-refractivity contribution in [2.45, 2.75) is 47.3 Å². The number of para-hydroxylation sites is 1. The van der Waals surface area contributed by atoms with Gasteiger partial charge in [-0.15, -0.1) is 0 Å². The largest absolute Gasteiger partial charge is 0.461 e. The van der Waals surface area contributed by atoms with Crippen molar-refractivity contribution in [3.05, 3.63) is 88.2 Å². The number of benzene rings is 2. The highest BCUT2D eigenvalue weighted by atomic mass is 16.3. The summed E-state index contributed by atoms with van der Waals surface area (Å²) in [5.74, 6) is 0.261. The van der Waals surface area contributed by atoms with E-state index in [1.54, 1.807) is 47.5 Å². The van der Waals surface area contributed by atoms with Gasteiger partial charge in [-0.3, -0.25) is 24.0 Å². The van der Waals surface area contributed by atoms with Crippen molar-refractivity contribution in [1.82, 2.24) is 19.2 Å². The minimum Gasteiger partial charge on any atom is -0.461 e. The third-order valence-electron chi connectivity index (χ3n) is 8.68.